The number of hydrogen-bond donors (Lipinski definition) is 2. The van der Waals surface area contributed by atoms with Gasteiger partial charge in [0, 0.05) is 11.8 Å². The van der Waals surface area contributed by atoms with Crippen molar-refractivity contribution in [3.63, 3.8) is 0 Å². The monoisotopic (exact) mass is 199 g/mol. The number of hydrogen-bond acceptors (Lipinski definition) is 3. The Bertz CT molecular complexity index is 413. The van der Waals surface area contributed by atoms with E-state index in [4.69, 9.17) is 10.5 Å². The van der Waals surface area contributed by atoms with Gasteiger partial charge in [-0.1, -0.05) is 0 Å². The summed E-state index contributed by atoms with van der Waals surface area (Å²) < 4.78 is 5.13. The molecule has 0 aliphatic rings. The van der Waals surface area contributed by atoms with Gasteiger partial charge in [0.1, 0.15) is 5.75 Å². The fraction of sp³-hybridized carbons (Fsp3) is 0.125. The molecule has 0 atom stereocenters. The van der Waals surface area contributed by atoms with E-state index in [1.807, 2.05) is 6.07 Å². The maximum atomic E-state index is 5.63. The van der Waals surface area contributed by atoms with Crippen molar-refractivity contribution in [2.75, 3.05) is 12.8 Å². The number of methoxy groups -OCH3 is 1. The van der Waals surface area contributed by atoms with Crippen molar-refractivity contribution in [1.82, 2.24) is 10.2 Å². The number of nitrogens with zero attached hydrogens (tertiary/aromatic N) is 1. The molecule has 1 aromatic carbocycles. The maximum Gasteiger partial charge on any atom is 0.131 e. The van der Waals surface area contributed by atoms with Crippen LogP contribution in [-0.2, 0) is 0 Å². The predicted octanol–water partition coefficient (Wildman–Crippen LogP) is 1.58. The summed E-state index contributed by atoms with van der Waals surface area (Å²) in [6.45, 7) is 0. The Kier molecular flexibility index (Phi) is 2.63. The summed E-state index contributed by atoms with van der Waals surface area (Å²) in [4.78, 5) is 0. The van der Waals surface area contributed by atoms with Gasteiger partial charge in [0.15, 0.2) is 0 Å². The Morgan fingerprint density at radius 2 is 2.23 bits per heavy atom. The second-order valence-corrected chi connectivity index (χ2v) is 2.55. The second-order valence-electron chi connectivity index (χ2n) is 2.55. The van der Waals surface area contributed by atoms with Crippen LogP contribution in [-0.4, -0.2) is 17.3 Å². The zero-order valence-electron chi connectivity index (χ0n) is 7.07. The number of ether oxygens (including phenoxy) is 1. The number of fused-ring (bicyclic) bond motifs is 1. The van der Waals surface area contributed by atoms with Gasteiger partial charge < -0.3 is 10.5 Å². The lowest BCUT2D eigenvalue weighted by Gasteiger charge is -2.01. The summed E-state index contributed by atoms with van der Waals surface area (Å²) in [5.74, 6) is 0.749. The molecule has 3 N–H and O–H groups in total. The van der Waals surface area contributed by atoms with Crippen LogP contribution in [0.1, 0.15) is 0 Å². The molecule has 0 unspecified atom stereocenters. The average molecular weight is 200 g/mol. The zero-order chi connectivity index (χ0) is 8.55. The molecule has 70 valence electrons. The molecule has 2 aromatic rings. The topological polar surface area (TPSA) is 63.9 Å². The van der Waals surface area contributed by atoms with Crippen LogP contribution < -0.4 is 10.5 Å². The van der Waals surface area contributed by atoms with Crippen molar-refractivity contribution < 1.29 is 4.74 Å². The Morgan fingerprint density at radius 1 is 1.46 bits per heavy atom. The van der Waals surface area contributed by atoms with Crippen molar-refractivity contribution in [3.05, 3.63) is 18.3 Å². The van der Waals surface area contributed by atoms with Gasteiger partial charge >= 0.3 is 0 Å². The molecular formula is C8H10ClN3O. The number of anilines is 1. The van der Waals surface area contributed by atoms with Gasteiger partial charge in [-0.05, 0) is 6.07 Å². The van der Waals surface area contributed by atoms with Crippen LogP contribution in [0.3, 0.4) is 0 Å². The lowest BCUT2D eigenvalue weighted by Crippen LogP contribution is -1.88. The van der Waals surface area contributed by atoms with Crippen molar-refractivity contribution in [2.24, 2.45) is 0 Å². The summed E-state index contributed by atoms with van der Waals surface area (Å²) in [7, 11) is 1.61. The summed E-state index contributed by atoms with van der Waals surface area (Å²) >= 11 is 0. The third kappa shape index (κ3) is 1.53. The summed E-state index contributed by atoms with van der Waals surface area (Å²) in [5.41, 5.74) is 7.20. The SMILES string of the molecule is COc1cc(N)cc2[nH]ncc12.Cl. The molecule has 0 saturated carbocycles. The van der Waals surface area contributed by atoms with Crippen LogP contribution in [0.25, 0.3) is 10.9 Å². The van der Waals surface area contributed by atoms with E-state index in [0.29, 0.717) is 5.69 Å². The molecule has 0 amide bonds. The highest BCUT2D eigenvalue weighted by atomic mass is 35.5. The zero-order valence-corrected chi connectivity index (χ0v) is 7.89. The van der Waals surface area contributed by atoms with Gasteiger partial charge in [-0.15, -0.1) is 12.4 Å². The van der Waals surface area contributed by atoms with Crippen LogP contribution in [0, 0.1) is 0 Å². The van der Waals surface area contributed by atoms with Crippen molar-refractivity contribution in [3.8, 4) is 5.75 Å². The first kappa shape index (κ1) is 9.67. The maximum absolute atomic E-state index is 5.63. The smallest absolute Gasteiger partial charge is 0.131 e. The van der Waals surface area contributed by atoms with Crippen molar-refractivity contribution in [1.29, 1.82) is 0 Å². The number of aromatic nitrogens is 2. The Balaban J connectivity index is 0.000000845. The Morgan fingerprint density at radius 3 is 2.92 bits per heavy atom. The molecule has 0 aliphatic heterocycles. The molecule has 0 saturated heterocycles. The molecule has 5 heteroatoms. The van der Waals surface area contributed by atoms with Crippen molar-refractivity contribution in [2.45, 2.75) is 0 Å². The summed E-state index contributed by atoms with van der Waals surface area (Å²) in [6.07, 6.45) is 1.72. The molecule has 2 rings (SSSR count). The quantitative estimate of drug-likeness (QED) is 0.686. The highest BCUT2D eigenvalue weighted by molar-refractivity contribution is 5.87. The predicted molar refractivity (Wildman–Crippen MR) is 54.3 cm³/mol. The highest BCUT2D eigenvalue weighted by Crippen LogP contribution is 2.26. The van der Waals surface area contributed by atoms with Gasteiger partial charge in [0.05, 0.1) is 24.2 Å². The molecule has 4 nitrogen and oxygen atoms in total. The minimum atomic E-state index is 0. The first-order valence-electron chi connectivity index (χ1n) is 3.58. The van der Waals surface area contributed by atoms with Gasteiger partial charge in [-0.25, -0.2) is 0 Å². The van der Waals surface area contributed by atoms with Gasteiger partial charge in [0.2, 0.25) is 0 Å². The van der Waals surface area contributed by atoms with E-state index in [1.165, 1.54) is 0 Å². The van der Waals surface area contributed by atoms with Crippen LogP contribution in [0.5, 0.6) is 5.75 Å². The number of rotatable bonds is 1. The number of nitrogens with one attached hydrogen (secondary N) is 1. The average Bonchev–Trinajstić information content (AvgIpc) is 2.50. The minimum Gasteiger partial charge on any atom is -0.496 e. The Labute approximate surface area is 81.5 Å². The fourth-order valence-corrected chi connectivity index (χ4v) is 1.21. The standard InChI is InChI=1S/C8H9N3O.ClH/c1-12-8-3-5(9)2-7-6(8)4-10-11-7;/h2-4H,9H2,1H3,(H,10,11);1H. The number of nitrogens with two attached hydrogens (primary N) is 1. The first-order valence-corrected chi connectivity index (χ1v) is 3.58. The lowest BCUT2D eigenvalue weighted by molar-refractivity contribution is 0.420. The largest absolute Gasteiger partial charge is 0.496 e. The van der Waals surface area contributed by atoms with Crippen LogP contribution in [0.15, 0.2) is 18.3 Å². The summed E-state index contributed by atoms with van der Waals surface area (Å²) in [6, 6.07) is 3.60. The third-order valence-electron chi connectivity index (χ3n) is 1.76. The fourth-order valence-electron chi connectivity index (χ4n) is 1.21. The second kappa shape index (κ2) is 3.53. The minimum absolute atomic E-state index is 0. The van der Waals surface area contributed by atoms with Crippen molar-refractivity contribution >= 4 is 29.0 Å². The number of H-pyrrole nitrogens is 1. The number of benzene rings is 1. The molecular weight excluding hydrogens is 190 g/mol. The highest BCUT2D eigenvalue weighted by Gasteiger charge is 2.03. The molecule has 0 fully saturated rings. The van der Waals surface area contributed by atoms with Crippen LogP contribution in [0.2, 0.25) is 0 Å². The van der Waals surface area contributed by atoms with Gasteiger partial charge in [-0.3, -0.25) is 5.10 Å². The van der Waals surface area contributed by atoms with E-state index in [2.05, 4.69) is 10.2 Å². The van der Waals surface area contributed by atoms with E-state index < -0.39 is 0 Å². The molecule has 1 heterocycles. The number of aromatic amines is 1. The normalized spacial score (nSPS) is 9.62. The molecule has 0 spiro atoms. The Hall–Kier alpha value is -1.42. The molecule has 0 radical (unpaired) electrons. The van der Waals surface area contributed by atoms with Gasteiger partial charge in [0.25, 0.3) is 0 Å². The summed E-state index contributed by atoms with van der Waals surface area (Å²) in [5, 5.41) is 7.67. The third-order valence-corrected chi connectivity index (χ3v) is 1.76. The van der Waals surface area contributed by atoms with E-state index in [-0.39, 0.29) is 12.4 Å². The van der Waals surface area contributed by atoms with Crippen LogP contribution >= 0.6 is 12.4 Å². The first-order chi connectivity index (χ1) is 5.81. The van der Waals surface area contributed by atoms with Crippen LogP contribution in [0.4, 0.5) is 5.69 Å². The molecule has 0 bridgehead atoms. The number of halogens is 1. The molecule has 13 heavy (non-hydrogen) atoms. The van der Waals surface area contributed by atoms with E-state index >= 15 is 0 Å². The van der Waals surface area contributed by atoms with E-state index in [9.17, 15) is 0 Å². The van der Waals surface area contributed by atoms with E-state index in [1.54, 1.807) is 19.4 Å². The lowest BCUT2D eigenvalue weighted by atomic mass is 10.2. The number of nitrogen functional groups attached to an aromatic ring is 1. The molecule has 1 aromatic heterocycles. The van der Waals surface area contributed by atoms with Gasteiger partial charge in [-0.2, -0.15) is 5.10 Å². The van der Waals surface area contributed by atoms with E-state index in [0.717, 1.165) is 16.7 Å². The molecule has 0 aliphatic carbocycles.